The van der Waals surface area contributed by atoms with Gasteiger partial charge in [0.1, 0.15) is 11.4 Å². The minimum absolute atomic E-state index is 0.310. The average molecular weight is 321 g/mol. The van der Waals surface area contributed by atoms with Gasteiger partial charge < -0.3 is 10.1 Å². The average Bonchev–Trinajstić information content (AvgIpc) is 2.49. The van der Waals surface area contributed by atoms with Gasteiger partial charge in [-0.1, -0.05) is 23.9 Å². The first-order chi connectivity index (χ1) is 10.1. The van der Waals surface area contributed by atoms with Crippen LogP contribution in [0.25, 0.3) is 0 Å². The molecular formula is C14H16N3O2PS. The van der Waals surface area contributed by atoms with Crippen molar-refractivity contribution in [1.82, 2.24) is 9.97 Å². The summed E-state index contributed by atoms with van der Waals surface area (Å²) in [6.07, 6.45) is 3.37. The van der Waals surface area contributed by atoms with E-state index in [1.54, 1.807) is 6.92 Å². The molecule has 5 nitrogen and oxygen atoms in total. The number of benzene rings is 1. The van der Waals surface area contributed by atoms with Crippen LogP contribution >= 0.6 is 21.0 Å². The van der Waals surface area contributed by atoms with Crippen LogP contribution in [-0.2, 0) is 4.74 Å². The Morgan fingerprint density at radius 3 is 2.71 bits per heavy atom. The van der Waals surface area contributed by atoms with E-state index in [4.69, 9.17) is 4.74 Å². The van der Waals surface area contributed by atoms with Gasteiger partial charge >= 0.3 is 5.97 Å². The molecule has 0 bridgehead atoms. The first-order valence-corrected chi connectivity index (χ1v) is 8.15. The van der Waals surface area contributed by atoms with Crippen molar-refractivity contribution in [1.29, 1.82) is 0 Å². The van der Waals surface area contributed by atoms with Crippen molar-refractivity contribution in [3.05, 3.63) is 36.0 Å². The number of nitrogens with zero attached hydrogens (tertiary/aromatic N) is 2. The third kappa shape index (κ3) is 4.16. The lowest BCUT2D eigenvalue weighted by atomic mass is 10.2. The molecule has 2 aromatic rings. The summed E-state index contributed by atoms with van der Waals surface area (Å²) in [5, 5.41) is 4.81. The molecule has 0 spiro atoms. The lowest BCUT2D eigenvalue weighted by molar-refractivity contribution is 0.0526. The lowest BCUT2D eigenvalue weighted by Crippen LogP contribution is -2.11. The molecule has 0 aliphatic carbocycles. The van der Waals surface area contributed by atoms with Crippen LogP contribution in [0.4, 0.5) is 11.5 Å². The minimum atomic E-state index is -0.435. The number of carbonyl (C=O) groups excluding carboxylic acids is 1. The summed E-state index contributed by atoms with van der Waals surface area (Å²) in [4.78, 5) is 20.4. The number of nitrogens with one attached hydrogen (secondary N) is 1. The molecule has 2 rings (SSSR count). The summed E-state index contributed by atoms with van der Waals surface area (Å²) in [7, 11) is 2.62. The second kappa shape index (κ2) is 7.38. The Morgan fingerprint density at radius 2 is 2.10 bits per heavy atom. The van der Waals surface area contributed by atoms with E-state index in [-0.39, 0.29) is 0 Å². The Kier molecular flexibility index (Phi) is 5.53. The van der Waals surface area contributed by atoms with Crippen molar-refractivity contribution in [2.24, 2.45) is 0 Å². The maximum absolute atomic E-state index is 12.0. The molecule has 1 heterocycles. The Morgan fingerprint density at radius 1 is 1.38 bits per heavy atom. The molecule has 0 fully saturated rings. The first kappa shape index (κ1) is 15.7. The van der Waals surface area contributed by atoms with Crippen LogP contribution in [0.2, 0.25) is 0 Å². The van der Waals surface area contributed by atoms with E-state index >= 15 is 0 Å². The highest BCUT2D eigenvalue weighted by Crippen LogP contribution is 2.21. The van der Waals surface area contributed by atoms with Crippen molar-refractivity contribution >= 4 is 43.8 Å². The van der Waals surface area contributed by atoms with Crippen LogP contribution in [0.1, 0.15) is 17.3 Å². The van der Waals surface area contributed by atoms with E-state index in [1.165, 1.54) is 18.0 Å². The zero-order valence-corrected chi connectivity index (χ0v) is 13.8. The van der Waals surface area contributed by atoms with Crippen LogP contribution in [0.5, 0.6) is 0 Å². The monoisotopic (exact) mass is 321 g/mol. The van der Waals surface area contributed by atoms with Gasteiger partial charge in [-0.25, -0.2) is 14.8 Å². The van der Waals surface area contributed by atoms with Crippen LogP contribution in [0, 0.1) is 0 Å². The number of carbonyl (C=O) groups is 1. The zero-order valence-electron chi connectivity index (χ0n) is 11.8. The van der Waals surface area contributed by atoms with Gasteiger partial charge in [0.2, 0.25) is 0 Å². The zero-order chi connectivity index (χ0) is 15.2. The SMILES string of the molecule is CCOC(=O)c1cnc(SC)nc1Nc1ccc(P)cc1. The van der Waals surface area contributed by atoms with Gasteiger partial charge in [-0.3, -0.25) is 0 Å². The highest BCUT2D eigenvalue weighted by molar-refractivity contribution is 7.98. The van der Waals surface area contributed by atoms with Crippen molar-refractivity contribution in [3.63, 3.8) is 0 Å². The fourth-order valence-electron chi connectivity index (χ4n) is 1.62. The van der Waals surface area contributed by atoms with Gasteiger partial charge in [0.25, 0.3) is 0 Å². The third-order valence-electron chi connectivity index (χ3n) is 2.62. The summed E-state index contributed by atoms with van der Waals surface area (Å²) in [6.45, 7) is 2.07. The predicted molar refractivity (Wildman–Crippen MR) is 88.8 cm³/mol. The minimum Gasteiger partial charge on any atom is -0.462 e. The van der Waals surface area contributed by atoms with Crippen LogP contribution < -0.4 is 10.6 Å². The molecule has 0 amide bonds. The van der Waals surface area contributed by atoms with E-state index in [0.717, 1.165) is 11.0 Å². The summed E-state index contributed by atoms with van der Waals surface area (Å²) in [5.41, 5.74) is 1.17. The molecule has 1 unspecified atom stereocenters. The maximum atomic E-state index is 12.0. The molecule has 1 aromatic heterocycles. The Labute approximate surface area is 130 Å². The largest absolute Gasteiger partial charge is 0.462 e. The fourth-order valence-corrected chi connectivity index (χ4v) is 2.15. The van der Waals surface area contributed by atoms with Gasteiger partial charge in [-0.05, 0) is 30.6 Å². The Bertz CT molecular complexity index is 635. The molecule has 1 aromatic carbocycles. The molecule has 0 radical (unpaired) electrons. The number of rotatable bonds is 5. The molecule has 0 aliphatic rings. The second-order valence-electron chi connectivity index (χ2n) is 4.09. The highest BCUT2D eigenvalue weighted by atomic mass is 32.2. The summed E-state index contributed by atoms with van der Waals surface area (Å²) < 4.78 is 5.03. The molecule has 0 saturated carbocycles. The van der Waals surface area contributed by atoms with E-state index < -0.39 is 5.97 Å². The molecule has 0 saturated heterocycles. The number of aromatic nitrogens is 2. The summed E-state index contributed by atoms with van der Waals surface area (Å²) >= 11 is 1.41. The van der Waals surface area contributed by atoms with Crippen molar-refractivity contribution in [2.45, 2.75) is 12.1 Å². The van der Waals surface area contributed by atoms with Gasteiger partial charge in [0.15, 0.2) is 5.16 Å². The van der Waals surface area contributed by atoms with Gasteiger partial charge in [-0.15, -0.1) is 9.24 Å². The standard InChI is InChI=1S/C14H16N3O2PS/c1-3-19-13(18)11-8-15-14(21-2)17-12(11)16-9-4-6-10(20)7-5-9/h4-8H,3,20H2,1-2H3,(H,15,16,17). The van der Waals surface area contributed by atoms with Crippen LogP contribution in [-0.4, -0.2) is 28.8 Å². The molecular weight excluding hydrogens is 305 g/mol. The number of ether oxygens (including phenoxy) is 1. The topological polar surface area (TPSA) is 64.1 Å². The maximum Gasteiger partial charge on any atom is 0.343 e. The third-order valence-corrected chi connectivity index (χ3v) is 3.56. The molecule has 110 valence electrons. The normalized spacial score (nSPS) is 10.2. The lowest BCUT2D eigenvalue weighted by Gasteiger charge is -2.11. The smallest absolute Gasteiger partial charge is 0.343 e. The van der Waals surface area contributed by atoms with E-state index in [0.29, 0.717) is 23.1 Å². The van der Waals surface area contributed by atoms with E-state index in [2.05, 4.69) is 24.5 Å². The molecule has 0 aliphatic heterocycles. The van der Waals surface area contributed by atoms with E-state index in [1.807, 2.05) is 30.5 Å². The van der Waals surface area contributed by atoms with Gasteiger partial charge in [-0.2, -0.15) is 0 Å². The Balaban J connectivity index is 2.34. The molecule has 7 heteroatoms. The van der Waals surface area contributed by atoms with Gasteiger partial charge in [0, 0.05) is 11.9 Å². The van der Waals surface area contributed by atoms with Crippen LogP contribution in [0.15, 0.2) is 35.6 Å². The van der Waals surface area contributed by atoms with Crippen molar-refractivity contribution in [3.8, 4) is 0 Å². The summed E-state index contributed by atoms with van der Waals surface area (Å²) in [5.74, 6) is 0.0135. The molecule has 21 heavy (non-hydrogen) atoms. The highest BCUT2D eigenvalue weighted by Gasteiger charge is 2.16. The first-order valence-electron chi connectivity index (χ1n) is 6.34. The van der Waals surface area contributed by atoms with Crippen molar-refractivity contribution in [2.75, 3.05) is 18.2 Å². The Hall–Kier alpha value is -1.65. The van der Waals surface area contributed by atoms with Crippen LogP contribution in [0.3, 0.4) is 0 Å². The molecule has 1 N–H and O–H groups in total. The number of esters is 1. The predicted octanol–water partition coefficient (Wildman–Crippen LogP) is 2.62. The number of hydrogen-bond donors (Lipinski definition) is 1. The number of hydrogen-bond acceptors (Lipinski definition) is 6. The molecule has 1 atom stereocenters. The second-order valence-corrected chi connectivity index (χ2v) is 5.53. The quantitative estimate of drug-likeness (QED) is 0.395. The number of anilines is 2. The summed E-state index contributed by atoms with van der Waals surface area (Å²) in [6, 6.07) is 7.73. The van der Waals surface area contributed by atoms with Crippen molar-refractivity contribution < 1.29 is 9.53 Å². The van der Waals surface area contributed by atoms with Gasteiger partial charge in [0.05, 0.1) is 6.61 Å². The number of thioether (sulfide) groups is 1. The van der Waals surface area contributed by atoms with E-state index in [9.17, 15) is 4.79 Å². The fraction of sp³-hybridized carbons (Fsp3) is 0.214.